The van der Waals surface area contributed by atoms with Crippen LogP contribution in [0.1, 0.15) is 18.4 Å². The van der Waals surface area contributed by atoms with Crippen LogP contribution in [0.25, 0.3) is 16.8 Å². The fraction of sp³-hybridized carbons (Fsp3) is 0.286. The summed E-state index contributed by atoms with van der Waals surface area (Å²) in [7, 11) is 1.57. The quantitative estimate of drug-likeness (QED) is 0.740. The van der Waals surface area contributed by atoms with Gasteiger partial charge in [0.15, 0.2) is 0 Å². The van der Waals surface area contributed by atoms with E-state index in [0.717, 1.165) is 45.8 Å². The molecule has 2 heterocycles. The largest absolute Gasteiger partial charge is 0.496 e. The predicted octanol–water partition coefficient (Wildman–Crippen LogP) is 3.51. The Bertz CT molecular complexity index is 995. The van der Waals surface area contributed by atoms with E-state index in [9.17, 15) is 14.4 Å². The van der Waals surface area contributed by atoms with Crippen LogP contribution in [0.2, 0.25) is 0 Å². The summed E-state index contributed by atoms with van der Waals surface area (Å²) in [6.45, 7) is 1.19. The Labute approximate surface area is 167 Å². The van der Waals surface area contributed by atoms with Crippen molar-refractivity contribution < 1.29 is 19.1 Å². The monoisotopic (exact) mass is 396 g/mol. The van der Waals surface area contributed by atoms with Crippen molar-refractivity contribution in [3.63, 3.8) is 0 Å². The molecule has 0 atom stereocenters. The van der Waals surface area contributed by atoms with Gasteiger partial charge in [0.2, 0.25) is 5.91 Å². The number of imide groups is 1. The minimum atomic E-state index is -0.433. The number of carbonyl (C=O) groups excluding carboxylic acids is 3. The van der Waals surface area contributed by atoms with Crippen molar-refractivity contribution in [1.29, 1.82) is 0 Å². The Morgan fingerprint density at radius 3 is 2.64 bits per heavy atom. The molecule has 28 heavy (non-hydrogen) atoms. The van der Waals surface area contributed by atoms with Crippen LogP contribution in [0.5, 0.6) is 5.75 Å². The standard InChI is InChI=1S/C21H20N2O4S/c1-27-17-9-8-14-6-2-3-7-15(14)16(17)12-18-20(25)23(21(26)28-18)13-19(24)22-10-4-5-11-22/h2-3,6-9,12H,4-5,10-11,13H2,1H3/b18-12-. The zero-order valence-electron chi connectivity index (χ0n) is 15.5. The van der Waals surface area contributed by atoms with E-state index in [4.69, 9.17) is 4.74 Å². The number of thioether (sulfide) groups is 1. The Balaban J connectivity index is 1.64. The molecule has 144 valence electrons. The number of benzene rings is 2. The normalized spacial score (nSPS) is 18.5. The molecule has 2 saturated heterocycles. The first-order valence-electron chi connectivity index (χ1n) is 9.17. The Morgan fingerprint density at radius 1 is 1.14 bits per heavy atom. The Kier molecular flexibility index (Phi) is 5.09. The Morgan fingerprint density at radius 2 is 1.89 bits per heavy atom. The fourth-order valence-corrected chi connectivity index (χ4v) is 4.39. The number of ether oxygens (including phenoxy) is 1. The summed E-state index contributed by atoms with van der Waals surface area (Å²) < 4.78 is 5.46. The fourth-order valence-electron chi connectivity index (χ4n) is 3.57. The van der Waals surface area contributed by atoms with E-state index >= 15 is 0 Å². The van der Waals surface area contributed by atoms with Gasteiger partial charge in [-0.1, -0.05) is 30.3 Å². The molecule has 0 aromatic heterocycles. The van der Waals surface area contributed by atoms with Crippen molar-refractivity contribution in [2.75, 3.05) is 26.7 Å². The molecule has 0 bridgehead atoms. The molecule has 0 spiro atoms. The Hall–Kier alpha value is -2.80. The second-order valence-corrected chi connectivity index (χ2v) is 7.75. The highest BCUT2D eigenvalue weighted by Crippen LogP contribution is 2.36. The molecule has 0 aliphatic carbocycles. The number of fused-ring (bicyclic) bond motifs is 1. The van der Waals surface area contributed by atoms with E-state index in [-0.39, 0.29) is 12.5 Å². The lowest BCUT2D eigenvalue weighted by Gasteiger charge is -2.18. The lowest BCUT2D eigenvalue weighted by molar-refractivity contribution is -0.135. The molecular formula is C21H20N2O4S. The van der Waals surface area contributed by atoms with Gasteiger partial charge in [0, 0.05) is 18.7 Å². The van der Waals surface area contributed by atoms with Gasteiger partial charge in [-0.3, -0.25) is 19.3 Å². The lowest BCUT2D eigenvalue weighted by atomic mass is 10.0. The molecular weight excluding hydrogens is 376 g/mol. The smallest absolute Gasteiger partial charge is 0.294 e. The maximum absolute atomic E-state index is 12.8. The third kappa shape index (κ3) is 3.38. The topological polar surface area (TPSA) is 66.9 Å². The molecule has 4 rings (SSSR count). The maximum atomic E-state index is 12.8. The van der Waals surface area contributed by atoms with E-state index in [1.165, 1.54) is 0 Å². The number of amides is 3. The highest BCUT2D eigenvalue weighted by Gasteiger charge is 2.37. The molecule has 2 aromatic carbocycles. The van der Waals surface area contributed by atoms with E-state index in [1.54, 1.807) is 18.1 Å². The van der Waals surface area contributed by atoms with Crippen LogP contribution in [0.4, 0.5) is 4.79 Å². The van der Waals surface area contributed by atoms with Crippen LogP contribution in [-0.2, 0) is 9.59 Å². The van der Waals surface area contributed by atoms with Gasteiger partial charge in [-0.05, 0) is 47.5 Å². The predicted molar refractivity (Wildman–Crippen MR) is 109 cm³/mol. The second-order valence-electron chi connectivity index (χ2n) is 6.76. The highest BCUT2D eigenvalue weighted by atomic mass is 32.2. The van der Waals surface area contributed by atoms with Gasteiger partial charge >= 0.3 is 0 Å². The molecule has 0 radical (unpaired) electrons. The lowest BCUT2D eigenvalue weighted by Crippen LogP contribution is -2.40. The van der Waals surface area contributed by atoms with Crippen LogP contribution in [0, 0.1) is 0 Å². The number of methoxy groups -OCH3 is 1. The molecule has 2 aliphatic rings. The van der Waals surface area contributed by atoms with E-state index in [2.05, 4.69) is 0 Å². The van der Waals surface area contributed by atoms with E-state index in [1.807, 2.05) is 36.4 Å². The van der Waals surface area contributed by atoms with Crippen LogP contribution >= 0.6 is 11.8 Å². The summed E-state index contributed by atoms with van der Waals surface area (Å²) in [5, 5.41) is 1.53. The SMILES string of the molecule is COc1ccc2ccccc2c1/C=C1\SC(=O)N(CC(=O)N2CCCC2)C1=O. The summed E-state index contributed by atoms with van der Waals surface area (Å²) in [6.07, 6.45) is 3.62. The molecule has 0 N–H and O–H groups in total. The van der Waals surface area contributed by atoms with Crippen LogP contribution < -0.4 is 4.74 Å². The maximum Gasteiger partial charge on any atom is 0.294 e. The molecule has 3 amide bonds. The number of likely N-dealkylation sites (tertiary alicyclic amines) is 1. The molecule has 2 fully saturated rings. The summed E-state index contributed by atoms with van der Waals surface area (Å²) in [6, 6.07) is 11.6. The zero-order valence-corrected chi connectivity index (χ0v) is 16.3. The van der Waals surface area contributed by atoms with E-state index in [0.29, 0.717) is 23.7 Å². The van der Waals surface area contributed by atoms with Crippen molar-refractivity contribution in [3.05, 3.63) is 46.9 Å². The van der Waals surface area contributed by atoms with Crippen molar-refractivity contribution in [2.45, 2.75) is 12.8 Å². The van der Waals surface area contributed by atoms with Crippen LogP contribution in [0.3, 0.4) is 0 Å². The molecule has 6 nitrogen and oxygen atoms in total. The molecule has 0 unspecified atom stereocenters. The minimum absolute atomic E-state index is 0.177. The van der Waals surface area contributed by atoms with Crippen molar-refractivity contribution in [1.82, 2.24) is 9.80 Å². The average molecular weight is 396 g/mol. The van der Waals surface area contributed by atoms with Crippen LogP contribution in [0.15, 0.2) is 41.3 Å². The van der Waals surface area contributed by atoms with Crippen molar-refractivity contribution in [2.24, 2.45) is 0 Å². The molecule has 7 heteroatoms. The summed E-state index contributed by atoms with van der Waals surface area (Å²) >= 11 is 0.861. The van der Waals surface area contributed by atoms with Gasteiger partial charge in [-0.25, -0.2) is 0 Å². The van der Waals surface area contributed by atoms with Gasteiger partial charge in [0.25, 0.3) is 11.1 Å². The number of hydrogen-bond acceptors (Lipinski definition) is 5. The summed E-state index contributed by atoms with van der Waals surface area (Å²) in [5.41, 5.74) is 0.747. The second kappa shape index (κ2) is 7.67. The molecule has 2 aliphatic heterocycles. The number of hydrogen-bond donors (Lipinski definition) is 0. The number of rotatable bonds is 4. The number of nitrogens with zero attached hydrogens (tertiary/aromatic N) is 2. The average Bonchev–Trinajstić information content (AvgIpc) is 3.33. The van der Waals surface area contributed by atoms with Crippen LogP contribution in [-0.4, -0.2) is 53.6 Å². The zero-order chi connectivity index (χ0) is 19.7. The van der Waals surface area contributed by atoms with Gasteiger partial charge in [-0.15, -0.1) is 0 Å². The van der Waals surface area contributed by atoms with E-state index < -0.39 is 11.1 Å². The summed E-state index contributed by atoms with van der Waals surface area (Å²) in [4.78, 5) is 40.6. The first kappa shape index (κ1) is 18.6. The first-order valence-corrected chi connectivity index (χ1v) is 9.99. The molecule has 0 saturated carbocycles. The van der Waals surface area contributed by atoms with Gasteiger partial charge in [0.1, 0.15) is 12.3 Å². The summed E-state index contributed by atoms with van der Waals surface area (Å²) in [5.74, 6) is 0.0139. The third-order valence-corrected chi connectivity index (χ3v) is 5.96. The van der Waals surface area contributed by atoms with Gasteiger partial charge in [-0.2, -0.15) is 0 Å². The van der Waals surface area contributed by atoms with Gasteiger partial charge < -0.3 is 9.64 Å². The minimum Gasteiger partial charge on any atom is -0.496 e. The third-order valence-electron chi connectivity index (χ3n) is 5.05. The van der Waals surface area contributed by atoms with Gasteiger partial charge in [0.05, 0.1) is 12.0 Å². The van der Waals surface area contributed by atoms with Crippen molar-refractivity contribution in [3.8, 4) is 5.75 Å². The first-order chi connectivity index (χ1) is 13.6. The van der Waals surface area contributed by atoms with Crippen molar-refractivity contribution >= 4 is 45.7 Å². The highest BCUT2D eigenvalue weighted by molar-refractivity contribution is 8.18. The number of carbonyl (C=O) groups is 3. The molecule has 2 aromatic rings.